The fourth-order valence-electron chi connectivity index (χ4n) is 2.29. The highest BCUT2D eigenvalue weighted by Gasteiger charge is 2.22. The summed E-state index contributed by atoms with van der Waals surface area (Å²) in [6, 6.07) is 4.23. The lowest BCUT2D eigenvalue weighted by atomic mass is 10.2. The van der Waals surface area contributed by atoms with Gasteiger partial charge in [-0.15, -0.1) is 0 Å². The van der Waals surface area contributed by atoms with Crippen molar-refractivity contribution in [3.8, 4) is 0 Å². The number of nitrogens with two attached hydrogens (primary N) is 1. The summed E-state index contributed by atoms with van der Waals surface area (Å²) in [5, 5.41) is 6.03. The van der Waals surface area contributed by atoms with Crippen LogP contribution in [0.1, 0.15) is 16.8 Å². The van der Waals surface area contributed by atoms with Gasteiger partial charge in [0.1, 0.15) is 5.82 Å². The molecule has 0 aliphatic carbocycles. The smallest absolute Gasteiger partial charge is 0.250 e. The summed E-state index contributed by atoms with van der Waals surface area (Å²) in [4.78, 5) is 19.9. The van der Waals surface area contributed by atoms with Gasteiger partial charge < -0.3 is 16.4 Å². The third-order valence-electron chi connectivity index (χ3n) is 3.47. The van der Waals surface area contributed by atoms with Gasteiger partial charge in [-0.2, -0.15) is 4.98 Å². The molecular formula is C14H15BrN6O3S. The fourth-order valence-corrected chi connectivity index (χ4v) is 3.93. The van der Waals surface area contributed by atoms with Crippen molar-refractivity contribution in [1.29, 1.82) is 0 Å². The molecule has 0 radical (unpaired) electrons. The number of halogens is 1. The van der Waals surface area contributed by atoms with Gasteiger partial charge in [-0.3, -0.25) is 4.79 Å². The number of amides is 1. The number of aromatic nitrogens is 2. The number of carbonyl (C=O) groups excluding carboxylic acids is 1. The quantitative estimate of drug-likeness (QED) is 0.536. The lowest BCUT2D eigenvalue weighted by Gasteiger charge is -2.12. The number of benzene rings is 1. The van der Waals surface area contributed by atoms with Gasteiger partial charge in [0.25, 0.3) is 0 Å². The highest BCUT2D eigenvalue weighted by Crippen LogP contribution is 2.25. The number of carbonyl (C=O) groups is 1. The minimum atomic E-state index is -3.89. The summed E-state index contributed by atoms with van der Waals surface area (Å²) in [6.45, 7) is 0.693. The molecule has 0 saturated heterocycles. The van der Waals surface area contributed by atoms with Crippen molar-refractivity contribution in [1.82, 2.24) is 14.7 Å². The number of fused-ring (bicyclic) bond motifs is 4. The van der Waals surface area contributed by atoms with Crippen molar-refractivity contribution in [2.75, 3.05) is 23.7 Å². The Morgan fingerprint density at radius 1 is 1.28 bits per heavy atom. The van der Waals surface area contributed by atoms with Crippen molar-refractivity contribution in [3.63, 3.8) is 0 Å². The van der Waals surface area contributed by atoms with Crippen molar-refractivity contribution in [2.45, 2.75) is 11.3 Å². The first-order chi connectivity index (χ1) is 11.9. The lowest BCUT2D eigenvalue weighted by Crippen LogP contribution is -2.28. The molecule has 11 heteroatoms. The maximum atomic E-state index is 12.5. The molecule has 1 aromatic heterocycles. The Hall–Kier alpha value is -2.24. The van der Waals surface area contributed by atoms with Gasteiger partial charge in [0.15, 0.2) is 0 Å². The van der Waals surface area contributed by atoms with Gasteiger partial charge >= 0.3 is 0 Å². The predicted octanol–water partition coefficient (Wildman–Crippen LogP) is 1.18. The van der Waals surface area contributed by atoms with Gasteiger partial charge in [-0.1, -0.05) is 0 Å². The number of nitrogens with zero attached hydrogens (tertiary/aromatic N) is 2. The molecule has 2 aromatic rings. The third-order valence-corrected chi connectivity index (χ3v) is 5.56. The molecule has 0 unspecified atom stereocenters. The summed E-state index contributed by atoms with van der Waals surface area (Å²) in [7, 11) is -3.89. The number of rotatable bonds is 1. The molecule has 0 atom stereocenters. The van der Waals surface area contributed by atoms with Crippen molar-refractivity contribution < 1.29 is 13.2 Å². The molecule has 4 bridgehead atoms. The number of anilines is 3. The van der Waals surface area contributed by atoms with E-state index in [-0.39, 0.29) is 23.0 Å². The Bertz CT molecular complexity index is 934. The maximum Gasteiger partial charge on any atom is 0.250 e. The van der Waals surface area contributed by atoms with Crippen molar-refractivity contribution >= 4 is 49.3 Å². The second-order valence-electron chi connectivity index (χ2n) is 5.27. The number of nitrogens with one attached hydrogen (secondary N) is 3. The van der Waals surface area contributed by atoms with Crippen LogP contribution in [0.3, 0.4) is 0 Å². The summed E-state index contributed by atoms with van der Waals surface area (Å²) >= 11 is 3.36. The topological polar surface area (TPSA) is 139 Å². The zero-order valence-corrected chi connectivity index (χ0v) is 15.3. The average molecular weight is 427 g/mol. The molecule has 3 rings (SSSR count). The molecule has 0 spiro atoms. The Morgan fingerprint density at radius 2 is 2.08 bits per heavy atom. The second-order valence-corrected chi connectivity index (χ2v) is 7.86. The minimum absolute atomic E-state index is 0.0801. The molecule has 1 aliphatic rings. The largest absolute Gasteiger partial charge is 0.369 e. The van der Waals surface area contributed by atoms with E-state index in [1.165, 1.54) is 18.2 Å². The van der Waals surface area contributed by atoms with Crippen LogP contribution in [0.25, 0.3) is 0 Å². The van der Waals surface area contributed by atoms with E-state index in [0.717, 1.165) is 0 Å². The van der Waals surface area contributed by atoms with E-state index >= 15 is 0 Å². The molecule has 2 heterocycles. The molecular weight excluding hydrogens is 412 g/mol. The zero-order chi connectivity index (χ0) is 18.0. The van der Waals surface area contributed by atoms with Crippen LogP contribution in [0.2, 0.25) is 0 Å². The molecule has 9 nitrogen and oxygen atoms in total. The van der Waals surface area contributed by atoms with E-state index in [0.29, 0.717) is 28.9 Å². The van der Waals surface area contributed by atoms with Gasteiger partial charge in [-0.05, 0) is 40.5 Å². The molecule has 132 valence electrons. The van der Waals surface area contributed by atoms with E-state index in [1.807, 2.05) is 0 Å². The summed E-state index contributed by atoms with van der Waals surface area (Å²) < 4.78 is 28.2. The number of sulfonamides is 1. The standard InChI is InChI=1S/C14H15BrN6O3S/c15-10-7-18-14-20-8-2-3-9(12(16)22)11(6-8)25(23,24)19-5-1-4-17-13(10)21-14/h2-3,6-7,19H,1,4-5H2,(H2,16,22)(H2,17,18,20,21). The number of hydrogen-bond acceptors (Lipinski definition) is 7. The van der Waals surface area contributed by atoms with Gasteiger partial charge in [-0.25, -0.2) is 18.1 Å². The van der Waals surface area contributed by atoms with E-state index < -0.39 is 15.9 Å². The summed E-state index contributed by atoms with van der Waals surface area (Å²) in [5.74, 6) is 0.0572. The molecule has 1 amide bonds. The first kappa shape index (κ1) is 17.6. The van der Waals surface area contributed by atoms with Crippen LogP contribution in [0.4, 0.5) is 17.5 Å². The lowest BCUT2D eigenvalue weighted by molar-refractivity contribution is 0.0997. The van der Waals surface area contributed by atoms with E-state index in [1.54, 1.807) is 6.20 Å². The Labute approximate surface area is 152 Å². The number of hydrogen-bond donors (Lipinski definition) is 4. The van der Waals surface area contributed by atoms with E-state index in [4.69, 9.17) is 5.73 Å². The molecule has 5 N–H and O–H groups in total. The van der Waals surface area contributed by atoms with Crippen LogP contribution in [-0.4, -0.2) is 37.4 Å². The predicted molar refractivity (Wildman–Crippen MR) is 96.3 cm³/mol. The van der Waals surface area contributed by atoms with Crippen LogP contribution in [-0.2, 0) is 10.0 Å². The maximum absolute atomic E-state index is 12.5. The van der Waals surface area contributed by atoms with Crippen LogP contribution < -0.4 is 21.1 Å². The molecule has 0 saturated carbocycles. The summed E-state index contributed by atoms with van der Waals surface area (Å²) in [6.07, 6.45) is 2.11. The SMILES string of the molecule is NC(=O)c1ccc2cc1S(=O)(=O)NCCCNc1nc(ncc1Br)N2. The minimum Gasteiger partial charge on any atom is -0.369 e. The van der Waals surface area contributed by atoms with E-state index in [2.05, 4.69) is 41.3 Å². The Balaban J connectivity index is 2.11. The third kappa shape index (κ3) is 3.89. The van der Waals surface area contributed by atoms with Crippen LogP contribution >= 0.6 is 15.9 Å². The second kappa shape index (κ2) is 6.94. The fraction of sp³-hybridized carbons (Fsp3) is 0.214. The van der Waals surface area contributed by atoms with Gasteiger partial charge in [0.2, 0.25) is 21.9 Å². The van der Waals surface area contributed by atoms with Crippen molar-refractivity contribution in [3.05, 3.63) is 34.4 Å². The molecule has 0 fully saturated rings. The first-order valence-corrected chi connectivity index (χ1v) is 9.61. The zero-order valence-electron chi connectivity index (χ0n) is 12.9. The van der Waals surface area contributed by atoms with Gasteiger partial charge in [0.05, 0.1) is 14.9 Å². The van der Waals surface area contributed by atoms with Crippen LogP contribution in [0, 0.1) is 0 Å². The van der Waals surface area contributed by atoms with Crippen LogP contribution in [0.15, 0.2) is 33.8 Å². The Morgan fingerprint density at radius 3 is 2.84 bits per heavy atom. The van der Waals surface area contributed by atoms with Crippen molar-refractivity contribution in [2.24, 2.45) is 5.73 Å². The highest BCUT2D eigenvalue weighted by atomic mass is 79.9. The summed E-state index contributed by atoms with van der Waals surface area (Å²) in [5.41, 5.74) is 5.64. The highest BCUT2D eigenvalue weighted by molar-refractivity contribution is 9.10. The molecule has 1 aromatic carbocycles. The number of primary amides is 1. The normalized spacial score (nSPS) is 16.4. The molecule has 1 aliphatic heterocycles. The Kier molecular flexibility index (Phi) is 4.88. The van der Waals surface area contributed by atoms with Crippen LogP contribution in [0.5, 0.6) is 0 Å². The average Bonchev–Trinajstić information content (AvgIpc) is 2.56. The van der Waals surface area contributed by atoms with Gasteiger partial charge in [0, 0.05) is 25.0 Å². The molecule has 25 heavy (non-hydrogen) atoms. The first-order valence-electron chi connectivity index (χ1n) is 7.34. The van der Waals surface area contributed by atoms with E-state index in [9.17, 15) is 13.2 Å². The monoisotopic (exact) mass is 426 g/mol.